The lowest BCUT2D eigenvalue weighted by atomic mass is 10.1. The zero-order valence-electron chi connectivity index (χ0n) is 25.4. The quantitative estimate of drug-likeness (QED) is 0.208. The van der Waals surface area contributed by atoms with Crippen LogP contribution < -0.4 is 24.7 Å². The Morgan fingerprint density at radius 2 is 1.61 bits per heavy atom. The molecule has 1 atom stereocenters. The fourth-order valence-corrected chi connectivity index (χ4v) is 4.91. The van der Waals surface area contributed by atoms with E-state index in [9.17, 15) is 14.0 Å². The highest BCUT2D eigenvalue weighted by molar-refractivity contribution is 6.44. The van der Waals surface area contributed by atoms with Crippen molar-refractivity contribution in [3.05, 3.63) is 114 Å². The van der Waals surface area contributed by atoms with Crippen LogP contribution in [0.25, 0.3) is 0 Å². The highest BCUT2D eigenvalue weighted by Crippen LogP contribution is 2.44. The predicted molar refractivity (Wildman–Crippen MR) is 171 cm³/mol. The molecule has 5 rings (SSSR count). The Kier molecular flexibility index (Phi) is 8.94. The molecule has 1 aliphatic heterocycles. The monoisotopic (exact) mass is 594 g/mol. The van der Waals surface area contributed by atoms with Crippen LogP contribution in [-0.2, 0) is 16.2 Å². The second-order valence-corrected chi connectivity index (χ2v) is 10.9. The number of carbonyl (C=O) groups is 2. The van der Waals surface area contributed by atoms with Crippen molar-refractivity contribution >= 4 is 34.6 Å². The minimum absolute atomic E-state index is 0.0133. The summed E-state index contributed by atoms with van der Waals surface area (Å²) in [7, 11) is 1.52. The summed E-state index contributed by atoms with van der Waals surface area (Å²) in [6.07, 6.45) is -0.658. The van der Waals surface area contributed by atoms with Crippen LogP contribution in [0.15, 0.2) is 96.1 Å². The van der Waals surface area contributed by atoms with Gasteiger partial charge in [0.1, 0.15) is 23.9 Å². The fourth-order valence-electron chi connectivity index (χ4n) is 4.91. The molecule has 44 heavy (non-hydrogen) atoms. The summed E-state index contributed by atoms with van der Waals surface area (Å²) >= 11 is 0. The van der Waals surface area contributed by atoms with Gasteiger partial charge in [0.25, 0.3) is 0 Å². The number of ether oxygens (including phenoxy) is 2. The van der Waals surface area contributed by atoms with Crippen LogP contribution >= 0.6 is 0 Å². The number of para-hydroxylation sites is 1. The molecular weight excluding hydrogens is 559 g/mol. The Labute approximate surface area is 256 Å². The van der Waals surface area contributed by atoms with Gasteiger partial charge >= 0.3 is 0 Å². The Morgan fingerprint density at radius 3 is 2.30 bits per heavy atom. The van der Waals surface area contributed by atoms with Gasteiger partial charge in [-0.2, -0.15) is 0 Å². The predicted octanol–water partition coefficient (Wildman–Crippen LogP) is 7.24. The number of anilines is 3. The molecule has 0 saturated carbocycles. The first-order valence-corrected chi connectivity index (χ1v) is 14.4. The average molecular weight is 595 g/mol. The second kappa shape index (κ2) is 13.0. The first-order valence-electron chi connectivity index (χ1n) is 14.4. The van der Waals surface area contributed by atoms with E-state index >= 15 is 0 Å². The van der Waals surface area contributed by atoms with Gasteiger partial charge < -0.3 is 14.8 Å². The van der Waals surface area contributed by atoms with Crippen molar-refractivity contribution in [2.45, 2.75) is 40.5 Å². The number of hydrogen-bond acceptors (Lipinski definition) is 7. The van der Waals surface area contributed by atoms with Gasteiger partial charge in [0.2, 0.25) is 5.91 Å². The van der Waals surface area contributed by atoms with Crippen molar-refractivity contribution in [2.24, 2.45) is 11.0 Å². The SMILES string of the molecule is COc1cc(N2C(C(C)=O)=NN(c3ccc(C)cc3)[C@H]2c2ccccc2OCc2ccccc2F)ccc1NC(=O)C(C)C. The van der Waals surface area contributed by atoms with E-state index in [1.165, 1.54) is 20.1 Å². The van der Waals surface area contributed by atoms with Gasteiger partial charge in [-0.15, -0.1) is 5.10 Å². The Hall–Kier alpha value is -5.18. The summed E-state index contributed by atoms with van der Waals surface area (Å²) in [6.45, 7) is 7.10. The first kappa shape index (κ1) is 30.3. The summed E-state index contributed by atoms with van der Waals surface area (Å²) < 4.78 is 26.4. The molecule has 0 saturated heterocycles. The van der Waals surface area contributed by atoms with Crippen LogP contribution in [0.2, 0.25) is 0 Å². The molecule has 9 heteroatoms. The molecule has 0 aromatic heterocycles. The standard InChI is InChI=1S/C35H35FN4O4/c1-22(2)34(42)37-30-19-18-27(20-32(30)43-5)39-33(24(4)41)38-40(26-16-14-23(3)15-17-26)35(39)28-11-7-9-13-31(28)44-21-25-10-6-8-12-29(25)36/h6-20,22,35H,21H2,1-5H3,(H,37,42)/t35-/m0/s1. The number of hydrazone groups is 1. The number of rotatable bonds is 10. The lowest BCUT2D eigenvalue weighted by Crippen LogP contribution is -2.38. The molecule has 1 N–H and O–H groups in total. The highest BCUT2D eigenvalue weighted by Gasteiger charge is 2.41. The molecule has 1 amide bonds. The molecule has 1 heterocycles. The number of ketones is 1. The lowest BCUT2D eigenvalue weighted by molar-refractivity contribution is -0.119. The van der Waals surface area contributed by atoms with Crippen LogP contribution in [0.4, 0.5) is 21.5 Å². The maximum absolute atomic E-state index is 14.5. The lowest BCUT2D eigenvalue weighted by Gasteiger charge is -2.33. The number of aryl methyl sites for hydroxylation is 1. The van der Waals surface area contributed by atoms with E-state index in [1.54, 1.807) is 35.3 Å². The number of nitrogens with zero attached hydrogens (tertiary/aromatic N) is 3. The highest BCUT2D eigenvalue weighted by atomic mass is 19.1. The van der Waals surface area contributed by atoms with Crippen LogP contribution in [-0.4, -0.2) is 24.6 Å². The minimum Gasteiger partial charge on any atom is -0.494 e. The third-order valence-electron chi connectivity index (χ3n) is 7.30. The fraction of sp³-hybridized carbons (Fsp3) is 0.229. The molecule has 0 unspecified atom stereocenters. The van der Waals surface area contributed by atoms with Crippen molar-refractivity contribution in [1.82, 2.24) is 0 Å². The van der Waals surface area contributed by atoms with E-state index in [2.05, 4.69) is 5.32 Å². The van der Waals surface area contributed by atoms with E-state index in [4.69, 9.17) is 14.6 Å². The van der Waals surface area contributed by atoms with Crippen LogP contribution in [0.3, 0.4) is 0 Å². The van der Waals surface area contributed by atoms with Crippen LogP contribution in [0, 0.1) is 18.7 Å². The number of carbonyl (C=O) groups excluding carboxylic acids is 2. The maximum atomic E-state index is 14.5. The Bertz CT molecular complexity index is 1700. The van der Waals surface area contributed by atoms with Crippen LogP contribution in [0.1, 0.15) is 43.6 Å². The van der Waals surface area contributed by atoms with Crippen molar-refractivity contribution in [1.29, 1.82) is 0 Å². The van der Waals surface area contributed by atoms with Gasteiger partial charge in [-0.1, -0.05) is 67.9 Å². The summed E-state index contributed by atoms with van der Waals surface area (Å²) in [6, 6.07) is 27.1. The van der Waals surface area contributed by atoms with E-state index in [-0.39, 0.29) is 35.9 Å². The van der Waals surface area contributed by atoms with Crippen molar-refractivity contribution in [3.8, 4) is 11.5 Å². The average Bonchev–Trinajstić information content (AvgIpc) is 3.42. The molecule has 0 aliphatic carbocycles. The van der Waals surface area contributed by atoms with Crippen molar-refractivity contribution in [2.75, 3.05) is 22.3 Å². The number of methoxy groups -OCH3 is 1. The van der Waals surface area contributed by atoms with Crippen molar-refractivity contribution < 1.29 is 23.5 Å². The number of benzene rings is 4. The zero-order chi connectivity index (χ0) is 31.4. The molecule has 0 radical (unpaired) electrons. The first-order chi connectivity index (χ1) is 21.2. The van der Waals surface area contributed by atoms with Crippen molar-refractivity contribution in [3.63, 3.8) is 0 Å². The Balaban J connectivity index is 1.63. The van der Waals surface area contributed by atoms with E-state index in [0.29, 0.717) is 34.0 Å². The van der Waals surface area contributed by atoms with E-state index in [1.807, 2.05) is 80.3 Å². The smallest absolute Gasteiger partial charge is 0.227 e. The summed E-state index contributed by atoms with van der Waals surface area (Å²) in [4.78, 5) is 27.4. The molecule has 1 aliphatic rings. The topological polar surface area (TPSA) is 83.5 Å². The third kappa shape index (κ3) is 6.27. The number of hydrogen-bond donors (Lipinski definition) is 1. The van der Waals surface area contributed by atoms with Gasteiger partial charge in [-0.25, -0.2) is 9.40 Å². The van der Waals surface area contributed by atoms with Gasteiger partial charge in [-0.3, -0.25) is 14.5 Å². The summed E-state index contributed by atoms with van der Waals surface area (Å²) in [5.74, 6) is 0.181. The van der Waals surface area contributed by atoms with E-state index in [0.717, 1.165) is 11.3 Å². The summed E-state index contributed by atoms with van der Waals surface area (Å²) in [5.41, 5.74) is 4.09. The summed E-state index contributed by atoms with van der Waals surface area (Å²) in [5, 5.41) is 9.51. The molecule has 8 nitrogen and oxygen atoms in total. The number of nitrogens with one attached hydrogen (secondary N) is 1. The number of amides is 1. The largest absolute Gasteiger partial charge is 0.494 e. The van der Waals surface area contributed by atoms with E-state index < -0.39 is 6.17 Å². The van der Waals surface area contributed by atoms with Crippen LogP contribution in [0.5, 0.6) is 11.5 Å². The molecule has 0 fully saturated rings. The minimum atomic E-state index is -0.658. The number of amidine groups is 1. The van der Waals surface area contributed by atoms with Gasteiger partial charge in [-0.05, 0) is 43.3 Å². The molecular formula is C35H35FN4O4. The van der Waals surface area contributed by atoms with Gasteiger partial charge in [0.15, 0.2) is 17.8 Å². The molecule has 0 spiro atoms. The molecule has 226 valence electrons. The zero-order valence-corrected chi connectivity index (χ0v) is 25.4. The molecule has 0 bridgehead atoms. The number of Topliss-reactive ketones (excluding diaryl/α,β-unsaturated/α-hetero) is 1. The third-order valence-corrected chi connectivity index (χ3v) is 7.30. The second-order valence-electron chi connectivity index (χ2n) is 10.9. The Morgan fingerprint density at radius 1 is 0.932 bits per heavy atom. The molecule has 4 aromatic rings. The van der Waals surface area contributed by atoms with Gasteiger partial charge in [0.05, 0.1) is 18.5 Å². The van der Waals surface area contributed by atoms with Gasteiger partial charge in [0, 0.05) is 35.7 Å². The normalized spacial score (nSPS) is 14.4. The number of halogens is 1. The molecule has 4 aromatic carbocycles. The maximum Gasteiger partial charge on any atom is 0.227 e.